The van der Waals surface area contributed by atoms with Gasteiger partial charge < -0.3 is 15.8 Å². The molecule has 4 nitrogen and oxygen atoms in total. The van der Waals surface area contributed by atoms with E-state index in [1.807, 2.05) is 12.1 Å². The number of aryl methyl sites for hydroxylation is 1. The second-order valence-corrected chi connectivity index (χ2v) is 6.33. The SMILES string of the molecule is COc1ccc(C)cc1CC1NC(C)CC(C)C1C(N)=O. The van der Waals surface area contributed by atoms with Crippen LogP contribution in [-0.4, -0.2) is 25.1 Å². The van der Waals surface area contributed by atoms with Gasteiger partial charge in [-0.15, -0.1) is 0 Å². The van der Waals surface area contributed by atoms with Gasteiger partial charge in [-0.05, 0) is 44.2 Å². The molecule has 3 N–H and O–H groups in total. The van der Waals surface area contributed by atoms with E-state index in [2.05, 4.69) is 32.2 Å². The molecule has 1 aromatic rings. The Morgan fingerprint density at radius 1 is 1.43 bits per heavy atom. The zero-order valence-corrected chi connectivity index (χ0v) is 13.3. The van der Waals surface area contributed by atoms with Crippen LogP contribution >= 0.6 is 0 Å². The van der Waals surface area contributed by atoms with Gasteiger partial charge in [0.25, 0.3) is 0 Å². The van der Waals surface area contributed by atoms with Gasteiger partial charge in [0.05, 0.1) is 13.0 Å². The summed E-state index contributed by atoms with van der Waals surface area (Å²) in [6, 6.07) is 6.61. The fraction of sp³-hybridized carbons (Fsp3) is 0.588. The number of carbonyl (C=O) groups excluding carboxylic acids is 1. The summed E-state index contributed by atoms with van der Waals surface area (Å²) in [4.78, 5) is 11.8. The largest absolute Gasteiger partial charge is 0.496 e. The first-order chi connectivity index (χ1) is 9.92. The van der Waals surface area contributed by atoms with Crippen molar-refractivity contribution in [3.8, 4) is 5.75 Å². The van der Waals surface area contributed by atoms with Crippen LogP contribution in [-0.2, 0) is 11.2 Å². The topological polar surface area (TPSA) is 64.3 Å². The molecule has 2 rings (SSSR count). The highest BCUT2D eigenvalue weighted by Crippen LogP contribution is 2.30. The standard InChI is InChI=1S/C17H26N2O2/c1-10-5-6-15(21-4)13(7-10)9-14-16(17(18)20)11(2)8-12(3)19-14/h5-7,11-12,14,16,19H,8-9H2,1-4H3,(H2,18,20). The summed E-state index contributed by atoms with van der Waals surface area (Å²) < 4.78 is 5.45. The lowest BCUT2D eigenvalue weighted by Crippen LogP contribution is -2.55. The Balaban J connectivity index is 2.26. The lowest BCUT2D eigenvalue weighted by atomic mass is 9.76. The number of nitrogens with two attached hydrogens (primary N) is 1. The molecule has 0 saturated carbocycles. The van der Waals surface area contributed by atoms with Gasteiger partial charge >= 0.3 is 0 Å². The van der Waals surface area contributed by atoms with Crippen LogP contribution in [0.25, 0.3) is 0 Å². The molecule has 4 heteroatoms. The lowest BCUT2D eigenvalue weighted by molar-refractivity contribution is -0.125. The Bertz CT molecular complexity index is 516. The van der Waals surface area contributed by atoms with Crippen molar-refractivity contribution in [3.63, 3.8) is 0 Å². The normalized spacial score (nSPS) is 29.1. The number of amides is 1. The van der Waals surface area contributed by atoms with Crippen molar-refractivity contribution >= 4 is 5.91 Å². The summed E-state index contributed by atoms with van der Waals surface area (Å²) in [5.74, 6) is 0.834. The molecule has 4 unspecified atom stereocenters. The summed E-state index contributed by atoms with van der Waals surface area (Å²) >= 11 is 0. The zero-order chi connectivity index (χ0) is 15.6. The highest BCUT2D eigenvalue weighted by molar-refractivity contribution is 5.78. The Hall–Kier alpha value is -1.55. The van der Waals surface area contributed by atoms with Crippen LogP contribution in [0.5, 0.6) is 5.75 Å². The maximum atomic E-state index is 11.8. The van der Waals surface area contributed by atoms with Gasteiger partial charge in [-0.2, -0.15) is 0 Å². The van der Waals surface area contributed by atoms with Crippen molar-refractivity contribution in [1.29, 1.82) is 0 Å². The van der Waals surface area contributed by atoms with Gasteiger partial charge in [0, 0.05) is 12.1 Å². The van der Waals surface area contributed by atoms with Crippen molar-refractivity contribution in [2.75, 3.05) is 7.11 Å². The first-order valence-corrected chi connectivity index (χ1v) is 7.61. The van der Waals surface area contributed by atoms with Crippen molar-refractivity contribution < 1.29 is 9.53 Å². The molecule has 1 aliphatic rings. The molecule has 21 heavy (non-hydrogen) atoms. The van der Waals surface area contributed by atoms with Gasteiger partial charge in [0.15, 0.2) is 0 Å². The molecule has 0 radical (unpaired) electrons. The van der Waals surface area contributed by atoms with Gasteiger partial charge in [0.1, 0.15) is 5.75 Å². The number of rotatable bonds is 4. The van der Waals surface area contributed by atoms with E-state index < -0.39 is 0 Å². The molecule has 1 heterocycles. The van der Waals surface area contributed by atoms with Gasteiger partial charge in [-0.25, -0.2) is 0 Å². The summed E-state index contributed by atoms with van der Waals surface area (Å²) in [6.45, 7) is 6.34. The zero-order valence-electron chi connectivity index (χ0n) is 13.3. The van der Waals surface area contributed by atoms with Crippen LogP contribution in [0.3, 0.4) is 0 Å². The maximum Gasteiger partial charge on any atom is 0.222 e. The summed E-state index contributed by atoms with van der Waals surface area (Å²) in [6.07, 6.45) is 1.74. The van der Waals surface area contributed by atoms with Crippen molar-refractivity contribution in [3.05, 3.63) is 29.3 Å². The average Bonchev–Trinajstić information content (AvgIpc) is 2.37. The smallest absolute Gasteiger partial charge is 0.222 e. The molecule has 1 aromatic carbocycles. The van der Waals surface area contributed by atoms with E-state index in [-0.39, 0.29) is 17.9 Å². The second-order valence-electron chi connectivity index (χ2n) is 6.33. The van der Waals surface area contributed by atoms with Crippen LogP contribution in [0.1, 0.15) is 31.4 Å². The average molecular weight is 290 g/mol. The number of ether oxygens (including phenoxy) is 1. The Kier molecular flexibility index (Phi) is 4.88. The van der Waals surface area contributed by atoms with Gasteiger partial charge in [-0.3, -0.25) is 4.79 Å². The number of hydrogen-bond donors (Lipinski definition) is 2. The molecular weight excluding hydrogens is 264 g/mol. The third kappa shape index (κ3) is 3.56. The van der Waals surface area contributed by atoms with E-state index in [1.54, 1.807) is 7.11 Å². The van der Waals surface area contributed by atoms with Crippen LogP contribution in [0.15, 0.2) is 18.2 Å². The number of piperidine rings is 1. The van der Waals surface area contributed by atoms with E-state index in [1.165, 1.54) is 5.56 Å². The van der Waals surface area contributed by atoms with Crippen molar-refractivity contribution in [2.45, 2.75) is 45.7 Å². The fourth-order valence-electron chi connectivity index (χ4n) is 3.61. The second kappa shape index (κ2) is 6.48. The molecule has 1 saturated heterocycles. The molecule has 1 fully saturated rings. The third-order valence-electron chi connectivity index (χ3n) is 4.47. The number of hydrogen-bond acceptors (Lipinski definition) is 3. The fourth-order valence-corrected chi connectivity index (χ4v) is 3.61. The molecule has 0 aliphatic carbocycles. The summed E-state index contributed by atoms with van der Waals surface area (Å²) in [5.41, 5.74) is 7.96. The van der Waals surface area contributed by atoms with Crippen molar-refractivity contribution in [1.82, 2.24) is 5.32 Å². The number of nitrogens with one attached hydrogen (secondary N) is 1. The first-order valence-electron chi connectivity index (χ1n) is 7.61. The lowest BCUT2D eigenvalue weighted by Gasteiger charge is -2.39. The van der Waals surface area contributed by atoms with Crippen LogP contribution in [0.4, 0.5) is 0 Å². The number of methoxy groups -OCH3 is 1. The molecule has 1 aliphatic heterocycles. The highest BCUT2D eigenvalue weighted by Gasteiger charge is 2.37. The Morgan fingerprint density at radius 2 is 2.14 bits per heavy atom. The summed E-state index contributed by atoms with van der Waals surface area (Å²) in [5, 5.41) is 3.54. The highest BCUT2D eigenvalue weighted by atomic mass is 16.5. The minimum absolute atomic E-state index is 0.0666. The molecule has 1 amide bonds. The predicted molar refractivity (Wildman–Crippen MR) is 84.3 cm³/mol. The van der Waals surface area contributed by atoms with Crippen LogP contribution in [0.2, 0.25) is 0 Å². The van der Waals surface area contributed by atoms with Gasteiger partial charge in [0.2, 0.25) is 5.91 Å². The number of carbonyl (C=O) groups is 1. The quantitative estimate of drug-likeness (QED) is 0.892. The van der Waals surface area contributed by atoms with E-state index >= 15 is 0 Å². The predicted octanol–water partition coefficient (Wildman–Crippen LogP) is 2.03. The third-order valence-corrected chi connectivity index (χ3v) is 4.47. The number of benzene rings is 1. The van der Waals surface area contributed by atoms with Crippen molar-refractivity contribution in [2.24, 2.45) is 17.6 Å². The monoisotopic (exact) mass is 290 g/mol. The van der Waals surface area contributed by atoms with E-state index in [0.29, 0.717) is 12.0 Å². The van der Waals surface area contributed by atoms with E-state index in [0.717, 1.165) is 24.2 Å². The van der Waals surface area contributed by atoms with Gasteiger partial charge in [-0.1, -0.05) is 24.6 Å². The molecule has 0 bridgehead atoms. The van der Waals surface area contributed by atoms with E-state index in [4.69, 9.17) is 10.5 Å². The minimum atomic E-state index is -0.210. The van der Waals surface area contributed by atoms with Crippen LogP contribution in [0, 0.1) is 18.8 Å². The first kappa shape index (κ1) is 15.8. The number of primary amides is 1. The Labute approximate surface area is 127 Å². The molecular formula is C17H26N2O2. The van der Waals surface area contributed by atoms with E-state index in [9.17, 15) is 4.79 Å². The minimum Gasteiger partial charge on any atom is -0.496 e. The maximum absolute atomic E-state index is 11.8. The Morgan fingerprint density at radius 3 is 2.76 bits per heavy atom. The molecule has 4 atom stereocenters. The molecule has 116 valence electrons. The van der Waals surface area contributed by atoms with Crippen LogP contribution < -0.4 is 15.8 Å². The summed E-state index contributed by atoms with van der Waals surface area (Å²) in [7, 11) is 1.68. The molecule has 0 spiro atoms. The molecule has 0 aromatic heterocycles.